The van der Waals surface area contributed by atoms with E-state index in [2.05, 4.69) is 15.3 Å². The van der Waals surface area contributed by atoms with Gasteiger partial charge in [0.1, 0.15) is 17.0 Å². The Morgan fingerprint density at radius 3 is 2.73 bits per heavy atom. The van der Waals surface area contributed by atoms with Crippen molar-refractivity contribution in [3.8, 4) is 0 Å². The molecular weight excluding hydrogens is 373 g/mol. The Balaban J connectivity index is 1.96. The molecule has 2 aromatic heterocycles. The van der Waals surface area contributed by atoms with Crippen LogP contribution in [0.5, 0.6) is 0 Å². The van der Waals surface area contributed by atoms with Crippen LogP contribution in [-0.2, 0) is 6.18 Å². The second-order valence-electron chi connectivity index (χ2n) is 5.29. The predicted octanol–water partition coefficient (Wildman–Crippen LogP) is 3.76. The smallest absolute Gasteiger partial charge is 0.394 e. The summed E-state index contributed by atoms with van der Waals surface area (Å²) in [5.41, 5.74) is -0.631. The maximum atomic E-state index is 12.9. The average molecular weight is 384 g/mol. The maximum Gasteiger partial charge on any atom is 0.416 e. The molecule has 26 heavy (non-hydrogen) atoms. The van der Waals surface area contributed by atoms with Crippen LogP contribution in [0, 0.1) is 10.1 Å². The quantitative estimate of drug-likeness (QED) is 0.513. The summed E-state index contributed by atoms with van der Waals surface area (Å²) < 4.78 is 38.6. The second-order valence-corrected chi connectivity index (χ2v) is 6.29. The Morgan fingerprint density at radius 1 is 1.31 bits per heavy atom. The Bertz CT molecular complexity index is 961. The maximum absolute atomic E-state index is 12.9. The van der Waals surface area contributed by atoms with Gasteiger partial charge in [0.05, 0.1) is 28.5 Å². The van der Waals surface area contributed by atoms with E-state index < -0.39 is 29.3 Å². The summed E-state index contributed by atoms with van der Waals surface area (Å²) in [7, 11) is 0. The molecule has 1 unspecified atom stereocenters. The minimum Gasteiger partial charge on any atom is -0.394 e. The van der Waals surface area contributed by atoms with Crippen LogP contribution in [0.1, 0.15) is 17.2 Å². The predicted molar refractivity (Wildman–Crippen MR) is 89.0 cm³/mol. The number of thiophene rings is 1. The zero-order chi connectivity index (χ0) is 18.9. The second kappa shape index (κ2) is 6.84. The number of rotatable bonds is 5. The summed E-state index contributed by atoms with van der Waals surface area (Å²) >= 11 is 0.854. The number of nitrogens with zero attached hydrogens (tertiary/aromatic N) is 3. The van der Waals surface area contributed by atoms with Crippen LogP contribution in [0.2, 0.25) is 0 Å². The molecule has 3 rings (SSSR count). The first-order valence-corrected chi connectivity index (χ1v) is 8.04. The molecule has 0 saturated carbocycles. The number of halogens is 3. The van der Waals surface area contributed by atoms with E-state index in [1.165, 1.54) is 24.5 Å². The third kappa shape index (κ3) is 3.58. The number of benzene rings is 1. The minimum atomic E-state index is -4.51. The summed E-state index contributed by atoms with van der Waals surface area (Å²) in [6, 6.07) is 4.95. The van der Waals surface area contributed by atoms with E-state index >= 15 is 0 Å². The molecule has 0 fully saturated rings. The first kappa shape index (κ1) is 18.0. The molecule has 3 aromatic rings. The number of nitro groups is 1. The number of aliphatic hydroxyl groups excluding tert-OH is 1. The van der Waals surface area contributed by atoms with Crippen molar-refractivity contribution < 1.29 is 23.2 Å². The van der Waals surface area contributed by atoms with E-state index in [1.807, 2.05) is 0 Å². The van der Waals surface area contributed by atoms with Gasteiger partial charge in [-0.15, -0.1) is 0 Å². The molecule has 0 bridgehead atoms. The molecule has 2 heterocycles. The standard InChI is InChI=1S/C15H11F3N4O3S/c16-15(17,18)9-3-1-2-8(4-9)11(6-23)21-13-10-5-12(22(24)25)26-14(10)20-7-19-13/h1-5,7,11,23H,6H2,(H,19,20,21). The van der Waals surface area contributed by atoms with Gasteiger partial charge in [0.15, 0.2) is 0 Å². The number of hydrogen-bond acceptors (Lipinski definition) is 7. The molecule has 0 aliphatic carbocycles. The molecule has 7 nitrogen and oxygen atoms in total. The fourth-order valence-corrected chi connectivity index (χ4v) is 3.19. The van der Waals surface area contributed by atoms with Crippen molar-refractivity contribution >= 4 is 32.4 Å². The molecule has 1 aromatic carbocycles. The highest BCUT2D eigenvalue weighted by Crippen LogP contribution is 2.35. The van der Waals surface area contributed by atoms with Crippen LogP contribution in [-0.4, -0.2) is 26.6 Å². The van der Waals surface area contributed by atoms with Crippen molar-refractivity contribution in [3.63, 3.8) is 0 Å². The van der Waals surface area contributed by atoms with Gasteiger partial charge in [-0.3, -0.25) is 10.1 Å². The van der Waals surface area contributed by atoms with E-state index in [4.69, 9.17) is 0 Å². The molecule has 136 valence electrons. The molecule has 0 saturated heterocycles. The molecular formula is C15H11F3N4O3S. The van der Waals surface area contributed by atoms with Gasteiger partial charge in [0.2, 0.25) is 0 Å². The van der Waals surface area contributed by atoms with E-state index in [0.717, 1.165) is 23.5 Å². The molecule has 1 atom stereocenters. The van der Waals surface area contributed by atoms with Gasteiger partial charge < -0.3 is 10.4 Å². The topological polar surface area (TPSA) is 101 Å². The molecule has 0 amide bonds. The van der Waals surface area contributed by atoms with E-state index in [1.54, 1.807) is 0 Å². The zero-order valence-electron chi connectivity index (χ0n) is 12.9. The molecule has 0 spiro atoms. The van der Waals surface area contributed by atoms with Gasteiger partial charge in [-0.2, -0.15) is 13.2 Å². The monoisotopic (exact) mass is 384 g/mol. The van der Waals surface area contributed by atoms with Crippen LogP contribution >= 0.6 is 11.3 Å². The lowest BCUT2D eigenvalue weighted by Gasteiger charge is -2.19. The number of fused-ring (bicyclic) bond motifs is 1. The molecule has 0 aliphatic heterocycles. The zero-order valence-corrected chi connectivity index (χ0v) is 13.7. The third-order valence-electron chi connectivity index (χ3n) is 3.61. The Morgan fingerprint density at radius 2 is 2.08 bits per heavy atom. The average Bonchev–Trinajstić information content (AvgIpc) is 3.04. The van der Waals surface area contributed by atoms with Gasteiger partial charge in [0.25, 0.3) is 0 Å². The van der Waals surface area contributed by atoms with Gasteiger partial charge in [-0.05, 0) is 29.0 Å². The van der Waals surface area contributed by atoms with E-state index in [9.17, 15) is 28.4 Å². The number of nitrogens with one attached hydrogen (secondary N) is 1. The fourth-order valence-electron chi connectivity index (χ4n) is 2.38. The highest BCUT2D eigenvalue weighted by atomic mass is 32.1. The first-order valence-electron chi connectivity index (χ1n) is 7.23. The highest BCUT2D eigenvalue weighted by molar-refractivity contribution is 7.21. The van der Waals surface area contributed by atoms with Crippen LogP contribution in [0.4, 0.5) is 24.0 Å². The van der Waals surface area contributed by atoms with Crippen molar-refractivity contribution in [2.75, 3.05) is 11.9 Å². The third-order valence-corrected chi connectivity index (χ3v) is 4.60. The molecule has 11 heteroatoms. The van der Waals surface area contributed by atoms with Crippen molar-refractivity contribution in [1.29, 1.82) is 0 Å². The van der Waals surface area contributed by atoms with E-state index in [0.29, 0.717) is 10.2 Å². The van der Waals surface area contributed by atoms with Gasteiger partial charge >= 0.3 is 11.2 Å². The summed E-state index contributed by atoms with van der Waals surface area (Å²) in [4.78, 5) is 18.6. The number of anilines is 1. The van der Waals surface area contributed by atoms with Crippen LogP contribution in [0.3, 0.4) is 0 Å². The van der Waals surface area contributed by atoms with Crippen molar-refractivity contribution in [1.82, 2.24) is 9.97 Å². The van der Waals surface area contributed by atoms with Crippen LogP contribution < -0.4 is 5.32 Å². The lowest BCUT2D eigenvalue weighted by molar-refractivity contribution is -0.380. The van der Waals surface area contributed by atoms with Gasteiger partial charge in [-0.1, -0.05) is 12.1 Å². The Kier molecular flexibility index (Phi) is 4.74. The SMILES string of the molecule is O=[N+]([O-])c1cc2c(NC(CO)c3cccc(C(F)(F)F)c3)ncnc2s1. The Hall–Kier alpha value is -2.79. The van der Waals surface area contributed by atoms with Crippen LogP contribution in [0.25, 0.3) is 10.2 Å². The molecule has 0 aliphatic rings. The van der Waals surface area contributed by atoms with Crippen molar-refractivity contribution in [2.24, 2.45) is 0 Å². The summed E-state index contributed by atoms with van der Waals surface area (Å²) in [5, 5.41) is 23.6. The van der Waals surface area contributed by atoms with Gasteiger partial charge in [0, 0.05) is 6.07 Å². The molecule has 0 radical (unpaired) electrons. The van der Waals surface area contributed by atoms with Crippen molar-refractivity contribution in [3.05, 3.63) is 57.9 Å². The van der Waals surface area contributed by atoms with Gasteiger partial charge in [-0.25, -0.2) is 9.97 Å². The van der Waals surface area contributed by atoms with E-state index in [-0.39, 0.29) is 16.4 Å². The normalized spacial score (nSPS) is 12.9. The number of aliphatic hydroxyl groups is 1. The summed E-state index contributed by atoms with van der Waals surface area (Å²) in [6.45, 7) is -0.501. The lowest BCUT2D eigenvalue weighted by Crippen LogP contribution is -2.17. The molecule has 2 N–H and O–H groups in total. The van der Waals surface area contributed by atoms with Crippen molar-refractivity contribution in [2.45, 2.75) is 12.2 Å². The minimum absolute atomic E-state index is 0.136. The summed E-state index contributed by atoms with van der Waals surface area (Å²) in [5.74, 6) is 0.191. The number of hydrogen-bond donors (Lipinski definition) is 2. The summed E-state index contributed by atoms with van der Waals surface area (Å²) in [6.07, 6.45) is -3.32. The Labute approximate surface area is 148 Å². The number of aromatic nitrogens is 2. The lowest BCUT2D eigenvalue weighted by atomic mass is 10.0. The van der Waals surface area contributed by atoms with Crippen LogP contribution in [0.15, 0.2) is 36.7 Å². The fraction of sp³-hybridized carbons (Fsp3) is 0.200. The largest absolute Gasteiger partial charge is 0.416 e. The highest BCUT2D eigenvalue weighted by Gasteiger charge is 2.31. The first-order chi connectivity index (χ1) is 12.3. The number of alkyl halides is 3.